The molecule has 2 heterocycles. The lowest BCUT2D eigenvalue weighted by Gasteiger charge is -1.97. The van der Waals surface area contributed by atoms with E-state index >= 15 is 0 Å². The summed E-state index contributed by atoms with van der Waals surface area (Å²) in [6, 6.07) is 13.8. The number of halogens is 1. The highest BCUT2D eigenvalue weighted by molar-refractivity contribution is 6.30. The van der Waals surface area contributed by atoms with Gasteiger partial charge in [-0.25, -0.2) is 9.50 Å². The Bertz CT molecular complexity index is 686. The summed E-state index contributed by atoms with van der Waals surface area (Å²) >= 11 is 5.86. The molecule has 0 saturated carbocycles. The van der Waals surface area contributed by atoms with E-state index in [0.29, 0.717) is 0 Å². The molecule has 2 aromatic heterocycles. The Balaban J connectivity index is 1.95. The van der Waals surface area contributed by atoms with Gasteiger partial charge in [0.15, 0.2) is 11.5 Å². The fourth-order valence-electron chi connectivity index (χ4n) is 1.94. The van der Waals surface area contributed by atoms with Crippen LogP contribution in [0.5, 0.6) is 0 Å². The van der Waals surface area contributed by atoms with Crippen LogP contribution >= 0.6 is 11.6 Å². The maximum atomic E-state index is 5.86. The highest BCUT2D eigenvalue weighted by Crippen LogP contribution is 2.13. The zero-order valence-corrected chi connectivity index (χ0v) is 10.7. The Morgan fingerprint density at radius 3 is 2.61 bits per heavy atom. The summed E-state index contributed by atoms with van der Waals surface area (Å²) in [6.45, 7) is 2.02. The van der Waals surface area contributed by atoms with E-state index < -0.39 is 0 Å². The first kappa shape index (κ1) is 11.2. The van der Waals surface area contributed by atoms with E-state index in [1.165, 1.54) is 0 Å². The van der Waals surface area contributed by atoms with E-state index in [4.69, 9.17) is 11.6 Å². The molecule has 0 spiro atoms. The predicted molar refractivity (Wildman–Crippen MR) is 72.0 cm³/mol. The molecule has 0 atom stereocenters. The molecule has 0 saturated heterocycles. The van der Waals surface area contributed by atoms with Crippen LogP contribution in [0.1, 0.15) is 17.1 Å². The molecule has 0 amide bonds. The number of pyridine rings is 1. The minimum atomic E-state index is 0.721. The third-order valence-corrected chi connectivity index (χ3v) is 3.12. The normalized spacial score (nSPS) is 11.0. The molecule has 1 aromatic carbocycles. The average molecular weight is 258 g/mol. The summed E-state index contributed by atoms with van der Waals surface area (Å²) in [5.74, 6) is 0.826. The van der Waals surface area contributed by atoms with Gasteiger partial charge >= 0.3 is 0 Å². The van der Waals surface area contributed by atoms with E-state index in [2.05, 4.69) is 10.1 Å². The molecule has 0 radical (unpaired) electrons. The minimum Gasteiger partial charge on any atom is -0.218 e. The lowest BCUT2D eigenvalue weighted by atomic mass is 10.1. The van der Waals surface area contributed by atoms with Crippen molar-refractivity contribution in [3.05, 3.63) is 64.6 Å². The standard InChI is InChI=1S/C14H12ClN3/c1-10-3-2-4-14-16-13(17-18(10)14)9-11-5-7-12(15)8-6-11/h2-8H,9H2,1H3. The van der Waals surface area contributed by atoms with Crippen LogP contribution in [-0.4, -0.2) is 14.6 Å². The molecule has 3 rings (SSSR count). The molecule has 0 aliphatic carbocycles. The van der Waals surface area contributed by atoms with Gasteiger partial charge < -0.3 is 0 Å². The van der Waals surface area contributed by atoms with E-state index in [1.807, 2.05) is 53.9 Å². The highest BCUT2D eigenvalue weighted by atomic mass is 35.5. The largest absolute Gasteiger partial charge is 0.218 e. The third-order valence-electron chi connectivity index (χ3n) is 2.87. The first-order valence-corrected chi connectivity index (χ1v) is 6.16. The summed E-state index contributed by atoms with van der Waals surface area (Å²) in [7, 11) is 0. The maximum Gasteiger partial charge on any atom is 0.156 e. The number of nitrogens with zero attached hydrogens (tertiary/aromatic N) is 3. The van der Waals surface area contributed by atoms with Crippen LogP contribution in [0.3, 0.4) is 0 Å². The Hall–Kier alpha value is -1.87. The maximum absolute atomic E-state index is 5.86. The van der Waals surface area contributed by atoms with E-state index in [0.717, 1.165) is 34.2 Å². The zero-order valence-electron chi connectivity index (χ0n) is 9.97. The lowest BCUT2D eigenvalue weighted by Crippen LogP contribution is -1.94. The van der Waals surface area contributed by atoms with Crippen molar-refractivity contribution >= 4 is 17.2 Å². The quantitative estimate of drug-likeness (QED) is 0.705. The minimum absolute atomic E-state index is 0.721. The second-order valence-electron chi connectivity index (χ2n) is 4.27. The van der Waals surface area contributed by atoms with Crippen LogP contribution in [0.15, 0.2) is 42.5 Å². The number of hydrogen-bond donors (Lipinski definition) is 0. The number of hydrogen-bond acceptors (Lipinski definition) is 2. The number of aromatic nitrogens is 3. The molecule has 90 valence electrons. The van der Waals surface area contributed by atoms with Crippen molar-refractivity contribution in [1.82, 2.24) is 14.6 Å². The molecular weight excluding hydrogens is 246 g/mol. The SMILES string of the molecule is Cc1cccc2nc(Cc3ccc(Cl)cc3)nn12. The zero-order chi connectivity index (χ0) is 12.5. The van der Waals surface area contributed by atoms with Crippen molar-refractivity contribution in [2.45, 2.75) is 13.3 Å². The molecule has 0 aliphatic heterocycles. The van der Waals surface area contributed by atoms with Crippen molar-refractivity contribution in [3.63, 3.8) is 0 Å². The molecule has 4 heteroatoms. The monoisotopic (exact) mass is 257 g/mol. The van der Waals surface area contributed by atoms with Gasteiger partial charge in [-0.3, -0.25) is 0 Å². The molecule has 0 bridgehead atoms. The van der Waals surface area contributed by atoms with Gasteiger partial charge in [-0.05, 0) is 36.8 Å². The first-order valence-electron chi connectivity index (χ1n) is 5.78. The number of rotatable bonds is 2. The van der Waals surface area contributed by atoms with Crippen LogP contribution in [0.4, 0.5) is 0 Å². The molecule has 0 aliphatic rings. The van der Waals surface area contributed by atoms with Crippen molar-refractivity contribution < 1.29 is 0 Å². The van der Waals surface area contributed by atoms with Gasteiger partial charge in [0.25, 0.3) is 0 Å². The van der Waals surface area contributed by atoms with Crippen molar-refractivity contribution in [2.75, 3.05) is 0 Å². The smallest absolute Gasteiger partial charge is 0.156 e. The van der Waals surface area contributed by atoms with E-state index in [1.54, 1.807) is 0 Å². The van der Waals surface area contributed by atoms with Crippen molar-refractivity contribution in [2.24, 2.45) is 0 Å². The molecule has 18 heavy (non-hydrogen) atoms. The second-order valence-corrected chi connectivity index (χ2v) is 4.70. The van der Waals surface area contributed by atoms with E-state index in [-0.39, 0.29) is 0 Å². The van der Waals surface area contributed by atoms with Gasteiger partial charge in [0, 0.05) is 17.1 Å². The van der Waals surface area contributed by atoms with Gasteiger partial charge in [-0.15, -0.1) is 0 Å². The molecular formula is C14H12ClN3. The highest BCUT2D eigenvalue weighted by Gasteiger charge is 2.05. The molecule has 3 nitrogen and oxygen atoms in total. The lowest BCUT2D eigenvalue weighted by molar-refractivity contribution is 0.870. The summed E-state index contributed by atoms with van der Waals surface area (Å²) in [5, 5.41) is 5.25. The Labute approximate surface area is 110 Å². The van der Waals surface area contributed by atoms with Crippen LogP contribution in [0.25, 0.3) is 5.65 Å². The summed E-state index contributed by atoms with van der Waals surface area (Å²) in [5.41, 5.74) is 3.13. The molecule has 0 N–H and O–H groups in total. The van der Waals surface area contributed by atoms with Gasteiger partial charge in [0.05, 0.1) is 0 Å². The summed E-state index contributed by atoms with van der Waals surface area (Å²) < 4.78 is 1.87. The summed E-state index contributed by atoms with van der Waals surface area (Å²) in [4.78, 5) is 4.51. The topological polar surface area (TPSA) is 30.2 Å². The molecule has 3 aromatic rings. The number of benzene rings is 1. The fourth-order valence-corrected chi connectivity index (χ4v) is 2.07. The van der Waals surface area contributed by atoms with Crippen LogP contribution in [0.2, 0.25) is 5.02 Å². The average Bonchev–Trinajstić information content (AvgIpc) is 2.76. The third kappa shape index (κ3) is 2.09. The fraction of sp³-hybridized carbons (Fsp3) is 0.143. The Morgan fingerprint density at radius 2 is 1.89 bits per heavy atom. The van der Waals surface area contributed by atoms with Crippen LogP contribution < -0.4 is 0 Å². The molecule has 0 unspecified atom stereocenters. The summed E-state index contributed by atoms with van der Waals surface area (Å²) in [6.07, 6.45) is 0.721. The number of fused-ring (bicyclic) bond motifs is 1. The first-order chi connectivity index (χ1) is 8.72. The van der Waals surface area contributed by atoms with Crippen molar-refractivity contribution in [3.8, 4) is 0 Å². The van der Waals surface area contributed by atoms with E-state index in [9.17, 15) is 0 Å². The van der Waals surface area contributed by atoms with Crippen LogP contribution in [-0.2, 0) is 6.42 Å². The molecule has 0 fully saturated rings. The van der Waals surface area contributed by atoms with Gasteiger partial charge in [0.1, 0.15) is 0 Å². The van der Waals surface area contributed by atoms with Gasteiger partial charge in [-0.1, -0.05) is 29.8 Å². The number of aryl methyl sites for hydroxylation is 1. The van der Waals surface area contributed by atoms with Crippen LogP contribution in [0, 0.1) is 6.92 Å². The van der Waals surface area contributed by atoms with Gasteiger partial charge in [0.2, 0.25) is 0 Å². The Kier molecular flexibility index (Phi) is 2.76. The predicted octanol–water partition coefficient (Wildman–Crippen LogP) is 3.28. The van der Waals surface area contributed by atoms with Gasteiger partial charge in [-0.2, -0.15) is 5.10 Å². The second kappa shape index (κ2) is 4.42. The Morgan fingerprint density at radius 1 is 1.11 bits per heavy atom. The van der Waals surface area contributed by atoms with Crippen molar-refractivity contribution in [1.29, 1.82) is 0 Å².